The fourth-order valence-corrected chi connectivity index (χ4v) is 1.96. The molecule has 10 nitrogen and oxygen atoms in total. The number of anilines is 1. The molecule has 122 valence electrons. The van der Waals surface area contributed by atoms with Gasteiger partial charge in [-0.25, -0.2) is 4.98 Å². The standard InChI is InChI=1S/C12H19N5O5/c1-6(20)7(3-18)22-8(4-19)17-5-14-9-10(17)15-12(13-2)16-11(9)21/h5-8,18-20H,3-4H2,1-2H3,(H2,13,15,16,21)/t6-,7-,8-/m1/s1. The Bertz CT molecular complexity index is 682. The molecule has 3 atom stereocenters. The van der Waals surface area contributed by atoms with Crippen LogP contribution < -0.4 is 10.9 Å². The van der Waals surface area contributed by atoms with E-state index in [1.165, 1.54) is 17.8 Å². The Morgan fingerprint density at radius 3 is 2.73 bits per heavy atom. The van der Waals surface area contributed by atoms with E-state index in [0.29, 0.717) is 0 Å². The lowest BCUT2D eigenvalue weighted by atomic mass is 10.2. The van der Waals surface area contributed by atoms with E-state index < -0.39 is 37.2 Å². The van der Waals surface area contributed by atoms with Crippen LogP contribution in [-0.4, -0.2) is 67.3 Å². The van der Waals surface area contributed by atoms with E-state index in [1.54, 1.807) is 7.05 Å². The topological polar surface area (TPSA) is 146 Å². The number of rotatable bonds is 7. The van der Waals surface area contributed by atoms with Crippen LogP contribution in [0, 0.1) is 0 Å². The second-order valence-electron chi connectivity index (χ2n) is 4.72. The minimum atomic E-state index is -0.948. The van der Waals surface area contributed by atoms with Crippen molar-refractivity contribution >= 4 is 17.1 Å². The van der Waals surface area contributed by atoms with Gasteiger partial charge in [-0.3, -0.25) is 14.3 Å². The quantitative estimate of drug-likeness (QED) is 0.411. The number of ether oxygens (including phenoxy) is 1. The maximum atomic E-state index is 11.9. The van der Waals surface area contributed by atoms with Gasteiger partial charge in [0.05, 0.1) is 25.6 Å². The molecule has 5 N–H and O–H groups in total. The highest BCUT2D eigenvalue weighted by Gasteiger charge is 2.23. The molecule has 10 heteroatoms. The lowest BCUT2D eigenvalue weighted by Gasteiger charge is -2.25. The molecular formula is C12H19N5O5. The zero-order chi connectivity index (χ0) is 16.3. The van der Waals surface area contributed by atoms with E-state index in [-0.39, 0.29) is 17.1 Å². The Morgan fingerprint density at radius 2 is 2.18 bits per heavy atom. The highest BCUT2D eigenvalue weighted by atomic mass is 16.5. The van der Waals surface area contributed by atoms with E-state index in [9.17, 15) is 20.1 Å². The molecule has 0 spiro atoms. The van der Waals surface area contributed by atoms with Crippen molar-refractivity contribution in [3.63, 3.8) is 0 Å². The van der Waals surface area contributed by atoms with E-state index >= 15 is 0 Å². The third-order valence-corrected chi connectivity index (χ3v) is 3.19. The van der Waals surface area contributed by atoms with Crippen LogP contribution in [0.5, 0.6) is 0 Å². The van der Waals surface area contributed by atoms with Crippen molar-refractivity contribution in [2.75, 3.05) is 25.6 Å². The number of hydrogen-bond acceptors (Lipinski definition) is 8. The monoisotopic (exact) mass is 313 g/mol. The summed E-state index contributed by atoms with van der Waals surface area (Å²) in [5, 5.41) is 31.0. The molecule has 0 bridgehead atoms. The lowest BCUT2D eigenvalue weighted by molar-refractivity contribution is -0.131. The second-order valence-corrected chi connectivity index (χ2v) is 4.72. The maximum absolute atomic E-state index is 11.9. The van der Waals surface area contributed by atoms with Gasteiger partial charge in [-0.15, -0.1) is 0 Å². The van der Waals surface area contributed by atoms with Crippen LogP contribution in [0.25, 0.3) is 11.2 Å². The summed E-state index contributed by atoms with van der Waals surface area (Å²) in [6.45, 7) is 0.595. The molecule has 2 heterocycles. The van der Waals surface area contributed by atoms with E-state index in [2.05, 4.69) is 20.3 Å². The van der Waals surface area contributed by atoms with Gasteiger partial charge in [0.2, 0.25) is 5.95 Å². The van der Waals surface area contributed by atoms with Crippen molar-refractivity contribution in [2.24, 2.45) is 0 Å². The summed E-state index contributed by atoms with van der Waals surface area (Å²) in [4.78, 5) is 22.5. The van der Waals surface area contributed by atoms with E-state index in [4.69, 9.17) is 4.74 Å². The average Bonchev–Trinajstić information content (AvgIpc) is 2.92. The predicted molar refractivity (Wildman–Crippen MR) is 77.5 cm³/mol. The SMILES string of the molecule is CNc1nc2c(ncn2[C@@H](CO)O[C@H](CO)[C@@H](C)O)c(=O)[nH]1. The summed E-state index contributed by atoms with van der Waals surface area (Å²) in [5.74, 6) is 0.241. The molecule has 2 aromatic rings. The number of imidazole rings is 1. The number of fused-ring (bicyclic) bond motifs is 1. The number of aromatic nitrogens is 4. The molecule has 0 amide bonds. The molecular weight excluding hydrogens is 294 g/mol. The smallest absolute Gasteiger partial charge is 0.280 e. The van der Waals surface area contributed by atoms with Crippen molar-refractivity contribution in [1.82, 2.24) is 19.5 Å². The minimum Gasteiger partial charge on any atom is -0.394 e. The number of nitrogens with zero attached hydrogens (tertiary/aromatic N) is 3. The molecule has 0 aromatic carbocycles. The first kappa shape index (κ1) is 16.4. The summed E-state index contributed by atoms with van der Waals surface area (Å²) in [5.41, 5.74) is -0.118. The largest absolute Gasteiger partial charge is 0.394 e. The Labute approximate surface area is 125 Å². The number of H-pyrrole nitrogens is 1. The van der Waals surface area contributed by atoms with E-state index in [1.807, 2.05) is 0 Å². The first-order valence-corrected chi connectivity index (χ1v) is 6.71. The van der Waals surface area contributed by atoms with Gasteiger partial charge < -0.3 is 25.4 Å². The number of aliphatic hydroxyl groups excluding tert-OH is 3. The highest BCUT2D eigenvalue weighted by Crippen LogP contribution is 2.18. The van der Waals surface area contributed by atoms with Crippen LogP contribution in [0.15, 0.2) is 11.1 Å². The highest BCUT2D eigenvalue weighted by molar-refractivity contribution is 5.70. The minimum absolute atomic E-state index is 0.0960. The molecule has 0 aliphatic rings. The van der Waals surface area contributed by atoms with Crippen LogP contribution >= 0.6 is 0 Å². The molecule has 0 fully saturated rings. The Balaban J connectivity index is 2.43. The number of nitrogens with one attached hydrogen (secondary N) is 2. The first-order chi connectivity index (χ1) is 10.5. The third kappa shape index (κ3) is 3.09. The zero-order valence-corrected chi connectivity index (χ0v) is 12.2. The van der Waals surface area contributed by atoms with Crippen LogP contribution in [-0.2, 0) is 4.74 Å². The number of aromatic amines is 1. The van der Waals surface area contributed by atoms with Crippen LogP contribution in [0.1, 0.15) is 13.2 Å². The molecule has 2 aromatic heterocycles. The Kier molecular flexibility index (Phi) is 5.08. The third-order valence-electron chi connectivity index (χ3n) is 3.19. The van der Waals surface area contributed by atoms with Crippen molar-refractivity contribution in [3.8, 4) is 0 Å². The fourth-order valence-electron chi connectivity index (χ4n) is 1.96. The molecule has 2 rings (SSSR count). The van der Waals surface area contributed by atoms with Crippen molar-refractivity contribution in [3.05, 3.63) is 16.7 Å². The van der Waals surface area contributed by atoms with Crippen molar-refractivity contribution in [2.45, 2.75) is 25.4 Å². The second kappa shape index (κ2) is 6.83. The van der Waals surface area contributed by atoms with Gasteiger partial charge in [0.1, 0.15) is 6.10 Å². The fraction of sp³-hybridized carbons (Fsp3) is 0.583. The van der Waals surface area contributed by atoms with Gasteiger partial charge in [-0.05, 0) is 6.92 Å². The van der Waals surface area contributed by atoms with Gasteiger partial charge in [0.15, 0.2) is 17.4 Å². The number of aliphatic hydroxyl groups is 3. The Morgan fingerprint density at radius 1 is 1.45 bits per heavy atom. The summed E-state index contributed by atoms with van der Waals surface area (Å²) < 4.78 is 6.85. The summed E-state index contributed by atoms with van der Waals surface area (Å²) >= 11 is 0. The molecule has 0 saturated heterocycles. The van der Waals surface area contributed by atoms with Crippen LogP contribution in [0.3, 0.4) is 0 Å². The normalized spacial score (nSPS) is 15.7. The van der Waals surface area contributed by atoms with Gasteiger partial charge in [-0.1, -0.05) is 0 Å². The summed E-state index contributed by atoms with van der Waals surface area (Å²) in [6.07, 6.45) is -1.46. The van der Waals surface area contributed by atoms with Gasteiger partial charge in [0.25, 0.3) is 5.56 Å². The zero-order valence-electron chi connectivity index (χ0n) is 12.2. The number of hydrogen-bond donors (Lipinski definition) is 5. The average molecular weight is 313 g/mol. The lowest BCUT2D eigenvalue weighted by Crippen LogP contribution is -2.34. The molecule has 0 saturated carbocycles. The molecule has 22 heavy (non-hydrogen) atoms. The predicted octanol–water partition coefficient (Wildman–Crippen LogP) is -1.59. The molecule has 0 aliphatic carbocycles. The maximum Gasteiger partial charge on any atom is 0.280 e. The first-order valence-electron chi connectivity index (χ1n) is 6.71. The van der Waals surface area contributed by atoms with Gasteiger partial charge >= 0.3 is 0 Å². The summed E-state index contributed by atoms with van der Waals surface area (Å²) in [6, 6.07) is 0. The van der Waals surface area contributed by atoms with Crippen LogP contribution in [0.2, 0.25) is 0 Å². The van der Waals surface area contributed by atoms with Gasteiger partial charge in [-0.2, -0.15) is 4.98 Å². The van der Waals surface area contributed by atoms with Crippen molar-refractivity contribution in [1.29, 1.82) is 0 Å². The molecule has 0 unspecified atom stereocenters. The van der Waals surface area contributed by atoms with Crippen LogP contribution in [0.4, 0.5) is 5.95 Å². The molecule has 0 aliphatic heterocycles. The molecule has 0 radical (unpaired) electrons. The Hall–Kier alpha value is -2.01. The van der Waals surface area contributed by atoms with E-state index in [0.717, 1.165) is 0 Å². The van der Waals surface area contributed by atoms with Gasteiger partial charge in [0, 0.05) is 7.05 Å². The van der Waals surface area contributed by atoms with Crippen molar-refractivity contribution < 1.29 is 20.1 Å². The summed E-state index contributed by atoms with van der Waals surface area (Å²) in [7, 11) is 1.60.